The van der Waals surface area contributed by atoms with Gasteiger partial charge >= 0.3 is 11.7 Å². The van der Waals surface area contributed by atoms with Crippen LogP contribution in [-0.4, -0.2) is 19.7 Å². The average Bonchev–Trinajstić information content (AvgIpc) is 2.80. The van der Waals surface area contributed by atoms with Crippen molar-refractivity contribution >= 4 is 16.7 Å². The van der Waals surface area contributed by atoms with E-state index in [4.69, 9.17) is 9.47 Å². The molecule has 158 valence electrons. The molecule has 0 fully saturated rings. The van der Waals surface area contributed by atoms with Gasteiger partial charge in [-0.15, -0.1) is 0 Å². The zero-order valence-electron chi connectivity index (χ0n) is 17.8. The summed E-state index contributed by atoms with van der Waals surface area (Å²) in [4.78, 5) is 13.3. The summed E-state index contributed by atoms with van der Waals surface area (Å²) in [5.74, 6) is 0.416. The van der Waals surface area contributed by atoms with Gasteiger partial charge in [0.2, 0.25) is 5.69 Å². The first-order valence-corrected chi connectivity index (χ1v) is 10.00. The van der Waals surface area contributed by atoms with Crippen LogP contribution in [0, 0.1) is 6.92 Å². The summed E-state index contributed by atoms with van der Waals surface area (Å²) >= 11 is 0. The van der Waals surface area contributed by atoms with Gasteiger partial charge in [-0.25, -0.2) is 4.79 Å². The number of pyridine rings is 1. The van der Waals surface area contributed by atoms with Gasteiger partial charge in [0.15, 0.2) is 5.69 Å². The number of carbonyl (C=O) groups excluding carboxylic acids is 1. The van der Waals surface area contributed by atoms with Crippen molar-refractivity contribution in [2.24, 2.45) is 0 Å². The molecule has 0 spiro atoms. The van der Waals surface area contributed by atoms with Crippen LogP contribution in [0.2, 0.25) is 0 Å². The Morgan fingerprint density at radius 2 is 1.48 bits per heavy atom. The zero-order valence-corrected chi connectivity index (χ0v) is 19.9. The van der Waals surface area contributed by atoms with Gasteiger partial charge in [-0.2, -0.15) is 4.57 Å². The van der Waals surface area contributed by atoms with Gasteiger partial charge < -0.3 is 33.5 Å². The highest BCUT2D eigenvalue weighted by Gasteiger charge is 2.33. The fourth-order valence-electron chi connectivity index (χ4n) is 3.89. The van der Waals surface area contributed by atoms with Gasteiger partial charge in [-0.1, -0.05) is 48.5 Å². The lowest BCUT2D eigenvalue weighted by atomic mass is 9.95. The molecule has 0 saturated carbocycles. The van der Waals surface area contributed by atoms with Crippen LogP contribution in [0.3, 0.4) is 0 Å². The number of methoxy groups -OCH3 is 1. The van der Waals surface area contributed by atoms with E-state index in [0.717, 1.165) is 39.0 Å². The minimum Gasteiger partial charge on any atom is -1.00 e. The Morgan fingerprint density at radius 3 is 2.10 bits per heavy atom. The maximum atomic E-state index is 13.3. The number of carbonyl (C=O) groups is 1. The third-order valence-electron chi connectivity index (χ3n) is 5.24. The predicted octanol–water partition coefficient (Wildman–Crippen LogP) is 2.28. The average molecular weight is 525 g/mol. The Hall–Kier alpha value is -2.93. The fraction of sp³-hybridized carbons (Fsp3) is 0.154. The first kappa shape index (κ1) is 22.7. The summed E-state index contributed by atoms with van der Waals surface area (Å²) < 4.78 is 12.8. The number of hydrogen-bond donors (Lipinski definition) is 0. The quantitative estimate of drug-likeness (QED) is 0.228. The topological polar surface area (TPSA) is 39.4 Å². The highest BCUT2D eigenvalue weighted by Crippen LogP contribution is 2.33. The fourth-order valence-corrected chi connectivity index (χ4v) is 3.89. The zero-order chi connectivity index (χ0) is 21.1. The highest BCUT2D eigenvalue weighted by molar-refractivity contribution is 6.06. The molecule has 1 aromatic heterocycles. The van der Waals surface area contributed by atoms with E-state index in [1.165, 1.54) is 0 Å². The summed E-state index contributed by atoms with van der Waals surface area (Å²) in [6, 6.07) is 25.9. The number of nitrogens with zero attached hydrogens (tertiary/aromatic N) is 1. The Bertz CT molecular complexity index is 1200. The summed E-state index contributed by atoms with van der Waals surface area (Å²) in [5.41, 5.74) is 4.20. The van der Waals surface area contributed by atoms with Crippen LogP contribution in [0.1, 0.15) is 23.1 Å². The number of esters is 1. The Labute approximate surface area is 199 Å². The van der Waals surface area contributed by atoms with E-state index in [0.29, 0.717) is 12.3 Å². The molecular formula is C26H24INO3. The SMILES string of the molecule is CCOC(=O)c1c(-c2ccccc2)c2ccccc2c(C)[n+]1-c1ccc(OC)cc1.[I-]. The molecule has 0 N–H and O–H groups in total. The van der Waals surface area contributed by atoms with E-state index in [9.17, 15) is 4.79 Å². The molecule has 0 aliphatic heterocycles. The van der Waals surface area contributed by atoms with Crippen molar-refractivity contribution in [3.63, 3.8) is 0 Å². The van der Waals surface area contributed by atoms with Crippen molar-refractivity contribution in [3.8, 4) is 22.6 Å². The van der Waals surface area contributed by atoms with Gasteiger partial charge in [0.05, 0.1) is 19.3 Å². The van der Waals surface area contributed by atoms with Crippen molar-refractivity contribution in [3.05, 3.63) is 90.3 Å². The normalized spacial score (nSPS) is 10.4. The molecule has 0 amide bonds. The predicted molar refractivity (Wildman–Crippen MR) is 118 cm³/mol. The second-order valence-corrected chi connectivity index (χ2v) is 6.97. The molecule has 3 aromatic carbocycles. The highest BCUT2D eigenvalue weighted by atomic mass is 127. The molecule has 0 aliphatic rings. The molecule has 1 heterocycles. The first-order chi connectivity index (χ1) is 14.7. The van der Waals surface area contributed by atoms with E-state index >= 15 is 0 Å². The maximum Gasteiger partial charge on any atom is 0.404 e. The molecule has 4 rings (SSSR count). The summed E-state index contributed by atoms with van der Waals surface area (Å²) in [6.45, 7) is 4.16. The molecule has 0 aliphatic carbocycles. The van der Waals surface area contributed by atoms with Gasteiger partial charge in [0.25, 0.3) is 0 Å². The molecular weight excluding hydrogens is 501 g/mol. The second kappa shape index (κ2) is 9.92. The lowest BCUT2D eigenvalue weighted by Crippen LogP contribution is -3.00. The largest absolute Gasteiger partial charge is 1.00 e. The van der Waals surface area contributed by atoms with Crippen LogP contribution < -0.4 is 33.3 Å². The molecule has 0 unspecified atom stereocenters. The molecule has 4 aromatic rings. The summed E-state index contributed by atoms with van der Waals surface area (Å²) in [5, 5.41) is 2.11. The molecule has 0 saturated heterocycles. The Kier molecular flexibility index (Phi) is 7.28. The minimum atomic E-state index is -0.346. The molecule has 0 bridgehead atoms. The van der Waals surface area contributed by atoms with Crippen LogP contribution in [0.4, 0.5) is 0 Å². The number of halogens is 1. The molecule has 5 heteroatoms. The van der Waals surface area contributed by atoms with Crippen LogP contribution in [0.5, 0.6) is 5.75 Å². The van der Waals surface area contributed by atoms with Gasteiger partial charge in [0.1, 0.15) is 5.75 Å². The van der Waals surface area contributed by atoms with Gasteiger partial charge in [-0.05, 0) is 30.7 Å². The van der Waals surface area contributed by atoms with E-state index in [1.54, 1.807) is 7.11 Å². The van der Waals surface area contributed by atoms with Crippen molar-refractivity contribution in [2.45, 2.75) is 13.8 Å². The minimum absolute atomic E-state index is 0. The standard InChI is InChI=1S/C26H24NO3.HI/c1-4-30-26(28)25-24(19-10-6-5-7-11-19)23-13-9-8-12-22(23)18(2)27(25)20-14-16-21(29-3)17-15-20;/h5-17H,4H2,1-3H3;1H/q+1;/p-1. The third kappa shape index (κ3) is 4.28. The van der Waals surface area contributed by atoms with E-state index in [1.807, 2.05) is 85.1 Å². The molecule has 0 atom stereocenters. The molecule has 4 nitrogen and oxygen atoms in total. The molecule has 31 heavy (non-hydrogen) atoms. The van der Waals surface area contributed by atoms with Crippen LogP contribution in [0.15, 0.2) is 78.9 Å². The lowest BCUT2D eigenvalue weighted by Gasteiger charge is -2.15. The molecule has 0 radical (unpaired) electrons. The second-order valence-electron chi connectivity index (χ2n) is 6.97. The first-order valence-electron chi connectivity index (χ1n) is 10.00. The number of fused-ring (bicyclic) bond motifs is 1. The van der Waals surface area contributed by atoms with Crippen molar-refractivity contribution in [1.29, 1.82) is 0 Å². The third-order valence-corrected chi connectivity index (χ3v) is 5.24. The van der Waals surface area contributed by atoms with Crippen molar-refractivity contribution in [1.82, 2.24) is 0 Å². The number of aryl methyl sites for hydroxylation is 1. The smallest absolute Gasteiger partial charge is 0.404 e. The number of rotatable bonds is 5. The summed E-state index contributed by atoms with van der Waals surface area (Å²) in [6.07, 6.45) is 0. The number of benzene rings is 3. The Balaban J connectivity index is 0.00000272. The van der Waals surface area contributed by atoms with Crippen molar-refractivity contribution in [2.75, 3.05) is 13.7 Å². The number of ether oxygens (including phenoxy) is 2. The van der Waals surface area contributed by atoms with Crippen LogP contribution in [0.25, 0.3) is 27.6 Å². The number of hydrogen-bond acceptors (Lipinski definition) is 3. The van der Waals surface area contributed by atoms with Crippen LogP contribution in [-0.2, 0) is 4.74 Å². The van der Waals surface area contributed by atoms with E-state index < -0.39 is 0 Å². The van der Waals surface area contributed by atoms with Gasteiger partial charge in [-0.3, -0.25) is 0 Å². The van der Waals surface area contributed by atoms with Crippen molar-refractivity contribution < 1.29 is 42.8 Å². The number of aromatic nitrogens is 1. The van der Waals surface area contributed by atoms with Crippen LogP contribution >= 0.6 is 0 Å². The lowest BCUT2D eigenvalue weighted by molar-refractivity contribution is -0.603. The maximum absolute atomic E-state index is 13.3. The van der Waals surface area contributed by atoms with E-state index in [2.05, 4.69) is 12.1 Å². The van der Waals surface area contributed by atoms with E-state index in [-0.39, 0.29) is 29.9 Å². The van der Waals surface area contributed by atoms with Gasteiger partial charge in [0, 0.05) is 29.8 Å². The summed E-state index contributed by atoms with van der Waals surface area (Å²) in [7, 11) is 1.64. The monoisotopic (exact) mass is 525 g/mol. The Morgan fingerprint density at radius 1 is 0.871 bits per heavy atom.